The zero-order valence-corrected chi connectivity index (χ0v) is 19.4. The molecule has 0 aliphatic heterocycles. The largest absolute Gasteiger partial charge is 0.492 e. The van der Waals surface area contributed by atoms with Crippen LogP contribution in [0.4, 0.5) is 17.6 Å². The molecule has 0 saturated carbocycles. The molecule has 0 atom stereocenters. The van der Waals surface area contributed by atoms with Crippen LogP contribution in [0, 0.1) is 0 Å². The monoisotopic (exact) mass is 479 g/mol. The predicted molar refractivity (Wildman–Crippen MR) is 140 cm³/mol. The number of benzene rings is 2. The van der Waals surface area contributed by atoms with Crippen molar-refractivity contribution >= 4 is 50.9 Å². The summed E-state index contributed by atoms with van der Waals surface area (Å²) in [6.07, 6.45) is 3.55. The van der Waals surface area contributed by atoms with Gasteiger partial charge in [-0.3, -0.25) is 4.57 Å². The zero-order chi connectivity index (χ0) is 23.5. The lowest BCUT2D eigenvalue weighted by atomic mass is 10.1. The molecule has 0 fully saturated rings. The number of imidazole rings is 1. The summed E-state index contributed by atoms with van der Waals surface area (Å²) in [5, 5.41) is 12.9. The second-order valence-electron chi connectivity index (χ2n) is 7.76. The maximum Gasteiger partial charge on any atom is 0.232 e. The van der Waals surface area contributed by atoms with Gasteiger partial charge in [0, 0.05) is 17.0 Å². The molecule has 0 aliphatic rings. The fourth-order valence-electron chi connectivity index (χ4n) is 3.84. The minimum absolute atomic E-state index is 0.435. The van der Waals surface area contributed by atoms with Crippen molar-refractivity contribution in [2.45, 2.75) is 0 Å². The van der Waals surface area contributed by atoms with E-state index in [0.29, 0.717) is 41.9 Å². The first kappa shape index (κ1) is 21.1. The smallest absolute Gasteiger partial charge is 0.232 e. The third-order valence-electron chi connectivity index (χ3n) is 5.49. The van der Waals surface area contributed by atoms with E-state index in [-0.39, 0.29) is 0 Å². The van der Waals surface area contributed by atoms with Crippen molar-refractivity contribution in [3.8, 4) is 11.4 Å². The second kappa shape index (κ2) is 9.40. The highest BCUT2D eigenvalue weighted by Gasteiger charge is 2.16. The molecule has 4 aromatic heterocycles. The Morgan fingerprint density at radius 2 is 1.77 bits per heavy atom. The summed E-state index contributed by atoms with van der Waals surface area (Å²) in [6.45, 7) is 1.03. The van der Waals surface area contributed by atoms with Crippen LogP contribution in [-0.2, 0) is 0 Å². The van der Waals surface area contributed by atoms with Crippen molar-refractivity contribution in [2.24, 2.45) is 0 Å². The van der Waals surface area contributed by atoms with Crippen LogP contribution >= 0.6 is 11.3 Å². The van der Waals surface area contributed by atoms with Crippen molar-refractivity contribution < 1.29 is 4.74 Å². The van der Waals surface area contributed by atoms with Gasteiger partial charge in [-0.15, -0.1) is 0 Å². The van der Waals surface area contributed by atoms with Crippen LogP contribution in [0.15, 0.2) is 90.0 Å². The number of hydrogen-bond acceptors (Lipinski definition) is 8. The highest BCUT2D eigenvalue weighted by atomic mass is 32.1. The number of thiophene rings is 1. The van der Waals surface area contributed by atoms with Gasteiger partial charge in [-0.1, -0.05) is 42.5 Å². The average Bonchev–Trinajstić information content (AvgIpc) is 3.58. The van der Waals surface area contributed by atoms with Crippen LogP contribution in [0.25, 0.3) is 27.6 Å². The Balaban J connectivity index is 1.33. The number of aromatic nitrogens is 5. The number of ether oxygens (including phenoxy) is 1. The number of rotatable bonds is 8. The normalized spacial score (nSPS) is 11.1. The third-order valence-corrected chi connectivity index (χ3v) is 6.16. The highest BCUT2D eigenvalue weighted by molar-refractivity contribution is 7.08. The van der Waals surface area contributed by atoms with Crippen molar-refractivity contribution in [3.05, 3.63) is 90.0 Å². The molecule has 0 spiro atoms. The van der Waals surface area contributed by atoms with Crippen LogP contribution < -0.4 is 15.4 Å². The Hall–Kier alpha value is -4.50. The van der Waals surface area contributed by atoms with Gasteiger partial charge >= 0.3 is 0 Å². The van der Waals surface area contributed by atoms with E-state index in [1.54, 1.807) is 23.9 Å². The van der Waals surface area contributed by atoms with Crippen LogP contribution in [0.3, 0.4) is 0 Å². The number of pyridine rings is 1. The molecule has 2 N–H and O–H groups in total. The van der Waals surface area contributed by atoms with Gasteiger partial charge in [-0.05, 0) is 35.0 Å². The van der Waals surface area contributed by atoms with E-state index in [1.807, 2.05) is 70.6 Å². The summed E-state index contributed by atoms with van der Waals surface area (Å²) >= 11 is 1.62. The van der Waals surface area contributed by atoms with E-state index in [1.165, 1.54) is 0 Å². The Kier molecular flexibility index (Phi) is 5.65. The number of para-hydroxylation sites is 1. The Morgan fingerprint density at radius 1 is 0.886 bits per heavy atom. The number of nitrogens with one attached hydrogen (secondary N) is 2. The molecule has 9 heteroatoms. The van der Waals surface area contributed by atoms with Crippen LogP contribution in [0.5, 0.6) is 5.75 Å². The fraction of sp³-hybridized carbons (Fsp3) is 0.0769. The molecule has 0 aliphatic carbocycles. The maximum absolute atomic E-state index is 5.82. The van der Waals surface area contributed by atoms with E-state index >= 15 is 0 Å². The first-order chi connectivity index (χ1) is 17.3. The summed E-state index contributed by atoms with van der Waals surface area (Å²) in [6, 6.07) is 21.8. The third kappa shape index (κ3) is 4.36. The van der Waals surface area contributed by atoms with Gasteiger partial charge in [0.05, 0.1) is 12.2 Å². The molecule has 6 rings (SSSR count). The number of nitrogens with zero attached hydrogens (tertiary/aromatic N) is 5. The summed E-state index contributed by atoms with van der Waals surface area (Å²) in [7, 11) is 0. The summed E-state index contributed by atoms with van der Waals surface area (Å²) in [5.41, 5.74) is 2.39. The molecule has 0 saturated heterocycles. The quantitative estimate of drug-likeness (QED) is 0.272. The first-order valence-corrected chi connectivity index (χ1v) is 12.1. The predicted octanol–water partition coefficient (Wildman–Crippen LogP) is 5.66. The Labute approximate surface area is 205 Å². The van der Waals surface area contributed by atoms with Gasteiger partial charge in [0.1, 0.15) is 24.5 Å². The molecule has 2 aromatic carbocycles. The van der Waals surface area contributed by atoms with Gasteiger partial charge in [0.2, 0.25) is 5.95 Å². The molecule has 4 heterocycles. The minimum atomic E-state index is 0.435. The average molecular weight is 480 g/mol. The highest BCUT2D eigenvalue weighted by Crippen LogP contribution is 2.27. The Morgan fingerprint density at radius 3 is 2.66 bits per heavy atom. The van der Waals surface area contributed by atoms with Gasteiger partial charge in [-0.2, -0.15) is 21.3 Å². The lowest BCUT2D eigenvalue weighted by Crippen LogP contribution is -2.14. The molecular formula is C26H21N7OS. The summed E-state index contributed by atoms with van der Waals surface area (Å²) < 4.78 is 7.78. The van der Waals surface area contributed by atoms with Gasteiger partial charge < -0.3 is 15.4 Å². The second-order valence-corrected chi connectivity index (χ2v) is 8.54. The van der Waals surface area contributed by atoms with Crippen LogP contribution in [0.2, 0.25) is 0 Å². The van der Waals surface area contributed by atoms with Crippen molar-refractivity contribution in [3.63, 3.8) is 0 Å². The van der Waals surface area contributed by atoms with E-state index in [9.17, 15) is 0 Å². The fourth-order valence-corrected chi connectivity index (χ4v) is 4.47. The first-order valence-electron chi connectivity index (χ1n) is 11.2. The van der Waals surface area contributed by atoms with E-state index in [2.05, 4.69) is 32.0 Å². The van der Waals surface area contributed by atoms with Crippen molar-refractivity contribution in [1.82, 2.24) is 24.5 Å². The van der Waals surface area contributed by atoms with Crippen molar-refractivity contribution in [2.75, 3.05) is 23.8 Å². The minimum Gasteiger partial charge on any atom is -0.492 e. The molecule has 35 heavy (non-hydrogen) atoms. The molecule has 0 amide bonds. The maximum atomic E-state index is 5.82. The van der Waals surface area contributed by atoms with Gasteiger partial charge in [0.15, 0.2) is 17.0 Å². The number of anilines is 3. The van der Waals surface area contributed by atoms with Crippen LogP contribution in [0.1, 0.15) is 0 Å². The van der Waals surface area contributed by atoms with Gasteiger partial charge in [-0.25, -0.2) is 9.97 Å². The lowest BCUT2D eigenvalue weighted by Gasteiger charge is -2.12. The van der Waals surface area contributed by atoms with E-state index in [4.69, 9.17) is 14.7 Å². The van der Waals surface area contributed by atoms with E-state index in [0.717, 1.165) is 22.2 Å². The molecular weight excluding hydrogens is 458 g/mol. The SMILES string of the molecule is c1ccc(OCCNc2nc(Nc3nccc4ccccc34)nc3c2ncn3-c2ccsc2)cc1. The molecule has 6 aromatic rings. The topological polar surface area (TPSA) is 89.8 Å². The number of fused-ring (bicyclic) bond motifs is 2. The molecule has 0 radical (unpaired) electrons. The van der Waals surface area contributed by atoms with Crippen LogP contribution in [-0.4, -0.2) is 37.7 Å². The van der Waals surface area contributed by atoms with Crippen molar-refractivity contribution in [1.29, 1.82) is 0 Å². The van der Waals surface area contributed by atoms with Gasteiger partial charge in [0.25, 0.3) is 0 Å². The summed E-state index contributed by atoms with van der Waals surface area (Å²) in [5.74, 6) is 2.59. The lowest BCUT2D eigenvalue weighted by molar-refractivity contribution is 0.333. The molecule has 172 valence electrons. The van der Waals surface area contributed by atoms with E-state index < -0.39 is 0 Å². The molecule has 0 unspecified atom stereocenters. The molecule has 8 nitrogen and oxygen atoms in total. The molecule has 0 bridgehead atoms. The Bertz CT molecular complexity index is 1580. The summed E-state index contributed by atoms with van der Waals surface area (Å²) in [4.78, 5) is 18.7. The zero-order valence-electron chi connectivity index (χ0n) is 18.6. The number of hydrogen-bond donors (Lipinski definition) is 2. The standard InChI is InChI=1S/C26H21N7OS/c1-2-7-20(8-3-1)34-14-13-28-24-22-25(33(17-29-22)19-11-15-35-16-19)32-26(31-24)30-23-21-9-5-4-6-18(21)10-12-27-23/h1-12,15-17H,13-14H2,(H2,27,28,30,31,32).